The Kier molecular flexibility index (Phi) is 6.33. The summed E-state index contributed by atoms with van der Waals surface area (Å²) in [5.74, 6) is 0.706. The zero-order valence-corrected chi connectivity index (χ0v) is 16.0. The maximum Gasteiger partial charge on any atom is 0.317 e. The maximum atomic E-state index is 12.3. The highest BCUT2D eigenvalue weighted by Gasteiger charge is 2.27. The molecular weight excluding hydrogens is 398 g/mol. The number of carbonyl (C=O) groups is 2. The zero-order valence-electron chi connectivity index (χ0n) is 14.4. The third-order valence-corrected chi connectivity index (χ3v) is 5.00. The first kappa shape index (κ1) is 18.5. The lowest BCUT2D eigenvalue weighted by atomic mass is 9.96. The highest BCUT2D eigenvalue weighted by Crippen LogP contribution is 2.18. The number of nitrogens with one attached hydrogen (secondary N) is 2. The summed E-state index contributed by atoms with van der Waals surface area (Å²) in [6, 6.07) is 11.4. The fraction of sp³-hybridized carbons (Fsp3) is 0.368. The number of hydrogen-bond acceptors (Lipinski definition) is 3. The molecule has 138 valence electrons. The van der Waals surface area contributed by atoms with Crippen molar-refractivity contribution in [3.8, 4) is 0 Å². The quantitative estimate of drug-likeness (QED) is 0.780. The van der Waals surface area contributed by atoms with Crippen molar-refractivity contribution in [2.75, 3.05) is 13.1 Å². The molecule has 1 aliphatic heterocycles. The van der Waals surface area contributed by atoms with E-state index in [1.165, 1.54) is 0 Å². The van der Waals surface area contributed by atoms with Crippen molar-refractivity contribution in [1.29, 1.82) is 0 Å². The van der Waals surface area contributed by atoms with Gasteiger partial charge < -0.3 is 20.0 Å². The smallest absolute Gasteiger partial charge is 0.317 e. The molecule has 0 bridgehead atoms. The van der Waals surface area contributed by atoms with E-state index < -0.39 is 0 Å². The number of piperidine rings is 1. The van der Waals surface area contributed by atoms with Gasteiger partial charge in [0.2, 0.25) is 5.91 Å². The van der Waals surface area contributed by atoms with Gasteiger partial charge in [-0.15, -0.1) is 0 Å². The number of nitrogens with zero attached hydrogens (tertiary/aromatic N) is 1. The van der Waals surface area contributed by atoms with Crippen molar-refractivity contribution >= 4 is 27.9 Å². The van der Waals surface area contributed by atoms with Crippen molar-refractivity contribution in [2.45, 2.75) is 25.9 Å². The van der Waals surface area contributed by atoms with Crippen molar-refractivity contribution in [3.63, 3.8) is 0 Å². The van der Waals surface area contributed by atoms with Crippen LogP contribution >= 0.6 is 15.9 Å². The SMILES string of the molecule is O=C(NCc1ccco1)C1CCN(C(=O)NCc2cccc(Br)c2)CC1. The Morgan fingerprint density at radius 1 is 1.12 bits per heavy atom. The molecule has 0 radical (unpaired) electrons. The molecule has 0 atom stereocenters. The number of amides is 3. The van der Waals surface area contributed by atoms with Crippen LogP contribution in [0.4, 0.5) is 4.79 Å². The molecule has 3 rings (SSSR count). The largest absolute Gasteiger partial charge is 0.467 e. The van der Waals surface area contributed by atoms with Crippen LogP contribution in [0.3, 0.4) is 0 Å². The van der Waals surface area contributed by atoms with E-state index >= 15 is 0 Å². The minimum absolute atomic E-state index is 0.0237. The minimum Gasteiger partial charge on any atom is -0.467 e. The van der Waals surface area contributed by atoms with Gasteiger partial charge in [-0.2, -0.15) is 0 Å². The Balaban J connectivity index is 1.39. The summed E-state index contributed by atoms with van der Waals surface area (Å²) >= 11 is 3.42. The Labute approximate surface area is 161 Å². The maximum absolute atomic E-state index is 12.3. The molecule has 2 heterocycles. The first-order valence-electron chi connectivity index (χ1n) is 8.69. The lowest BCUT2D eigenvalue weighted by Crippen LogP contribution is -2.46. The Hall–Kier alpha value is -2.28. The molecule has 2 N–H and O–H groups in total. The summed E-state index contributed by atoms with van der Waals surface area (Å²) in [5.41, 5.74) is 1.04. The molecule has 26 heavy (non-hydrogen) atoms. The van der Waals surface area contributed by atoms with Gasteiger partial charge in [-0.1, -0.05) is 28.1 Å². The molecule has 0 aliphatic carbocycles. The van der Waals surface area contributed by atoms with Gasteiger partial charge >= 0.3 is 6.03 Å². The lowest BCUT2D eigenvalue weighted by molar-refractivity contribution is -0.126. The molecule has 2 aromatic rings. The Morgan fingerprint density at radius 2 is 1.92 bits per heavy atom. The number of benzene rings is 1. The number of hydrogen-bond donors (Lipinski definition) is 2. The summed E-state index contributed by atoms with van der Waals surface area (Å²) in [6.07, 6.45) is 2.94. The van der Waals surface area contributed by atoms with E-state index in [2.05, 4.69) is 26.6 Å². The second-order valence-electron chi connectivity index (χ2n) is 6.35. The van der Waals surface area contributed by atoms with Crippen LogP contribution in [0.25, 0.3) is 0 Å². The average Bonchev–Trinajstić information content (AvgIpc) is 3.18. The van der Waals surface area contributed by atoms with Crippen LogP contribution in [-0.4, -0.2) is 29.9 Å². The molecule has 1 aromatic heterocycles. The second kappa shape index (κ2) is 8.89. The van der Waals surface area contributed by atoms with Crippen LogP contribution in [0.1, 0.15) is 24.2 Å². The van der Waals surface area contributed by atoms with Crippen LogP contribution in [0.2, 0.25) is 0 Å². The molecule has 1 aromatic carbocycles. The minimum atomic E-state index is -0.0839. The average molecular weight is 420 g/mol. The first-order chi connectivity index (χ1) is 12.6. The van der Waals surface area contributed by atoms with Crippen LogP contribution < -0.4 is 10.6 Å². The third-order valence-electron chi connectivity index (χ3n) is 4.50. The van der Waals surface area contributed by atoms with Gasteiger partial charge in [0.25, 0.3) is 0 Å². The number of rotatable bonds is 5. The summed E-state index contributed by atoms with van der Waals surface area (Å²) < 4.78 is 6.20. The van der Waals surface area contributed by atoms with Gasteiger partial charge in [-0.05, 0) is 42.7 Å². The van der Waals surface area contributed by atoms with E-state index in [0.717, 1.165) is 15.8 Å². The highest BCUT2D eigenvalue weighted by molar-refractivity contribution is 9.10. The van der Waals surface area contributed by atoms with Gasteiger partial charge in [0.05, 0.1) is 12.8 Å². The van der Waals surface area contributed by atoms with E-state index in [4.69, 9.17) is 4.42 Å². The van der Waals surface area contributed by atoms with E-state index in [0.29, 0.717) is 39.0 Å². The predicted molar refractivity (Wildman–Crippen MR) is 101 cm³/mol. The summed E-state index contributed by atoms with van der Waals surface area (Å²) in [5, 5.41) is 5.83. The normalized spacial score (nSPS) is 14.9. The fourth-order valence-corrected chi connectivity index (χ4v) is 3.46. The number of halogens is 1. The monoisotopic (exact) mass is 419 g/mol. The standard InChI is InChI=1S/C19H22BrN3O3/c20-16-4-1-3-14(11-16)12-22-19(25)23-8-6-15(7-9-23)18(24)21-13-17-5-2-10-26-17/h1-5,10-11,15H,6-9,12-13H2,(H,21,24)(H,22,25). The molecule has 7 heteroatoms. The predicted octanol–water partition coefficient (Wildman–Crippen LogP) is 3.28. The lowest BCUT2D eigenvalue weighted by Gasteiger charge is -2.31. The Morgan fingerprint density at radius 3 is 2.62 bits per heavy atom. The molecule has 0 spiro atoms. The molecule has 3 amide bonds. The van der Waals surface area contributed by atoms with E-state index in [9.17, 15) is 9.59 Å². The molecule has 1 saturated heterocycles. The molecular formula is C19H22BrN3O3. The van der Waals surface area contributed by atoms with Gasteiger partial charge in [0, 0.05) is 30.0 Å². The van der Waals surface area contributed by atoms with E-state index in [-0.39, 0.29) is 17.9 Å². The first-order valence-corrected chi connectivity index (χ1v) is 9.48. The Bertz CT molecular complexity index is 740. The molecule has 1 fully saturated rings. The van der Waals surface area contributed by atoms with Crippen molar-refractivity contribution in [2.24, 2.45) is 5.92 Å². The van der Waals surface area contributed by atoms with E-state index in [1.807, 2.05) is 30.3 Å². The molecule has 0 saturated carbocycles. The van der Waals surface area contributed by atoms with Crippen LogP contribution in [0, 0.1) is 5.92 Å². The molecule has 1 aliphatic rings. The van der Waals surface area contributed by atoms with E-state index in [1.54, 1.807) is 17.2 Å². The van der Waals surface area contributed by atoms with Crippen molar-refractivity contribution < 1.29 is 14.0 Å². The summed E-state index contributed by atoms with van der Waals surface area (Å²) in [7, 11) is 0. The van der Waals surface area contributed by atoms with Crippen LogP contribution in [0.5, 0.6) is 0 Å². The third kappa shape index (κ3) is 5.11. The van der Waals surface area contributed by atoms with Crippen LogP contribution in [-0.2, 0) is 17.9 Å². The fourth-order valence-electron chi connectivity index (χ4n) is 3.01. The van der Waals surface area contributed by atoms with Crippen molar-refractivity contribution in [1.82, 2.24) is 15.5 Å². The van der Waals surface area contributed by atoms with Crippen LogP contribution in [0.15, 0.2) is 51.6 Å². The van der Waals surface area contributed by atoms with Gasteiger partial charge in [-0.3, -0.25) is 4.79 Å². The number of urea groups is 1. The number of likely N-dealkylation sites (tertiary alicyclic amines) is 1. The summed E-state index contributed by atoms with van der Waals surface area (Å²) in [6.45, 7) is 2.06. The van der Waals surface area contributed by atoms with Gasteiger partial charge in [0.1, 0.15) is 5.76 Å². The number of furan rings is 1. The van der Waals surface area contributed by atoms with Crippen molar-refractivity contribution in [3.05, 3.63) is 58.5 Å². The van der Waals surface area contributed by atoms with Gasteiger partial charge in [0.15, 0.2) is 0 Å². The summed E-state index contributed by atoms with van der Waals surface area (Å²) in [4.78, 5) is 26.3. The highest BCUT2D eigenvalue weighted by atomic mass is 79.9. The molecule has 6 nitrogen and oxygen atoms in total. The zero-order chi connectivity index (χ0) is 18.4. The molecule has 0 unspecified atom stereocenters. The van der Waals surface area contributed by atoms with Gasteiger partial charge in [-0.25, -0.2) is 4.79 Å². The topological polar surface area (TPSA) is 74.6 Å². The second-order valence-corrected chi connectivity index (χ2v) is 7.26. The number of carbonyl (C=O) groups excluding carboxylic acids is 2.